The van der Waals surface area contributed by atoms with E-state index in [1.807, 2.05) is 0 Å². The van der Waals surface area contributed by atoms with E-state index < -0.39 is 12.1 Å². The number of hydrogen-bond donors (Lipinski definition) is 3. The van der Waals surface area contributed by atoms with Gasteiger partial charge in [-0.1, -0.05) is 294 Å². The molecule has 0 saturated heterocycles. The number of carbonyl (C=O) groups is 2. The second-order valence-electron chi connectivity index (χ2n) is 22.5. The van der Waals surface area contributed by atoms with Gasteiger partial charge in [0, 0.05) is 12.8 Å². The lowest BCUT2D eigenvalue weighted by molar-refractivity contribution is -0.143. The molecule has 2 unspecified atom stereocenters. The quantitative estimate of drug-likeness (QED) is 0.0244. The zero-order valence-electron chi connectivity index (χ0n) is 49.1. The highest BCUT2D eigenvalue weighted by Crippen LogP contribution is 2.18. The Labute approximate surface area is 455 Å². The van der Waals surface area contributed by atoms with Crippen LogP contribution in [-0.4, -0.2) is 47.4 Å². The Kier molecular flexibility index (Phi) is 61.0. The van der Waals surface area contributed by atoms with Crippen molar-refractivity contribution in [2.24, 2.45) is 0 Å². The van der Waals surface area contributed by atoms with Crippen LogP contribution in [0, 0.1) is 0 Å². The molecule has 0 heterocycles. The number of ether oxygens (including phenoxy) is 1. The number of carbonyl (C=O) groups excluding carboxylic acids is 2. The second-order valence-corrected chi connectivity index (χ2v) is 22.5. The van der Waals surface area contributed by atoms with Gasteiger partial charge in [-0.3, -0.25) is 9.59 Å². The van der Waals surface area contributed by atoms with E-state index in [9.17, 15) is 19.8 Å². The highest BCUT2D eigenvalue weighted by atomic mass is 16.5. The summed E-state index contributed by atoms with van der Waals surface area (Å²) >= 11 is 0. The Morgan fingerprint density at radius 1 is 0.384 bits per heavy atom. The summed E-state index contributed by atoms with van der Waals surface area (Å²) in [5, 5.41) is 23.4. The van der Waals surface area contributed by atoms with Crippen LogP contribution in [0.2, 0.25) is 0 Å². The summed E-state index contributed by atoms with van der Waals surface area (Å²) in [7, 11) is 0. The molecule has 0 aliphatic heterocycles. The van der Waals surface area contributed by atoms with E-state index in [4.69, 9.17) is 4.74 Å². The molecule has 6 nitrogen and oxygen atoms in total. The molecule has 0 saturated carbocycles. The average molecular weight is 1030 g/mol. The zero-order chi connectivity index (χ0) is 52.9. The topological polar surface area (TPSA) is 95.9 Å². The predicted molar refractivity (Wildman–Crippen MR) is 319 cm³/mol. The van der Waals surface area contributed by atoms with E-state index in [0.717, 1.165) is 77.0 Å². The third kappa shape index (κ3) is 59.2. The number of unbranched alkanes of at least 4 members (excludes halogenated alkanes) is 45. The van der Waals surface area contributed by atoms with Crippen LogP contribution in [-0.2, 0) is 14.3 Å². The monoisotopic (exact) mass is 1030 g/mol. The first-order chi connectivity index (χ1) is 36.0. The summed E-state index contributed by atoms with van der Waals surface area (Å²) in [4.78, 5) is 24.6. The Bertz CT molecular complexity index is 1180. The molecule has 0 rings (SSSR count). The minimum absolute atomic E-state index is 0.0238. The van der Waals surface area contributed by atoms with Crippen molar-refractivity contribution in [3.63, 3.8) is 0 Å². The van der Waals surface area contributed by atoms with E-state index in [2.05, 4.69) is 55.6 Å². The Morgan fingerprint density at radius 2 is 0.685 bits per heavy atom. The summed E-state index contributed by atoms with van der Waals surface area (Å²) < 4.78 is 5.47. The van der Waals surface area contributed by atoms with Crippen molar-refractivity contribution in [1.29, 1.82) is 0 Å². The van der Waals surface area contributed by atoms with Crippen molar-refractivity contribution in [2.45, 2.75) is 366 Å². The number of amides is 1. The first-order valence-corrected chi connectivity index (χ1v) is 32.8. The first-order valence-electron chi connectivity index (χ1n) is 32.8. The molecule has 6 heteroatoms. The summed E-state index contributed by atoms with van der Waals surface area (Å²) in [6, 6.07) is -0.560. The predicted octanol–water partition coefficient (Wildman–Crippen LogP) is 20.8. The number of nitrogens with one attached hydrogen (secondary N) is 1. The van der Waals surface area contributed by atoms with Crippen molar-refractivity contribution >= 4 is 11.9 Å². The fourth-order valence-electron chi connectivity index (χ4n) is 10.2. The van der Waals surface area contributed by atoms with Crippen LogP contribution in [0.3, 0.4) is 0 Å². The Morgan fingerprint density at radius 3 is 1.05 bits per heavy atom. The van der Waals surface area contributed by atoms with Crippen LogP contribution in [0.15, 0.2) is 36.5 Å². The fraction of sp³-hybridized carbons (Fsp3) is 0.881. The number of esters is 1. The van der Waals surface area contributed by atoms with Crippen molar-refractivity contribution in [3.8, 4) is 0 Å². The van der Waals surface area contributed by atoms with Gasteiger partial charge in [-0.2, -0.15) is 0 Å². The highest BCUT2D eigenvalue weighted by molar-refractivity contribution is 5.76. The second kappa shape index (κ2) is 62.6. The number of aliphatic hydroxyl groups excluding tert-OH is 2. The summed E-state index contributed by atoms with van der Waals surface area (Å²) in [5.74, 6) is -0.0782. The molecular weight excluding hydrogens is 899 g/mol. The van der Waals surface area contributed by atoms with Gasteiger partial charge in [0.05, 0.1) is 25.4 Å². The molecule has 430 valence electrons. The summed E-state index contributed by atoms with van der Waals surface area (Å²) in [6.45, 7) is 4.92. The maximum Gasteiger partial charge on any atom is 0.305 e. The van der Waals surface area contributed by atoms with Crippen LogP contribution in [0.25, 0.3) is 0 Å². The lowest BCUT2D eigenvalue weighted by atomic mass is 10.0. The third-order valence-electron chi connectivity index (χ3n) is 15.2. The van der Waals surface area contributed by atoms with Gasteiger partial charge in [0.1, 0.15) is 0 Å². The molecule has 73 heavy (non-hydrogen) atoms. The molecule has 0 aliphatic rings. The Hall–Kier alpha value is -1.92. The first kappa shape index (κ1) is 71.1. The molecule has 1 amide bonds. The van der Waals surface area contributed by atoms with Crippen molar-refractivity contribution < 1.29 is 24.5 Å². The molecule has 0 radical (unpaired) electrons. The van der Waals surface area contributed by atoms with Crippen LogP contribution >= 0.6 is 0 Å². The minimum Gasteiger partial charge on any atom is -0.466 e. The molecule has 0 bridgehead atoms. The number of allylic oxidation sites excluding steroid dienone is 6. The SMILES string of the molecule is CCCCCCCCC/C=C\CCCCCCCCCC(=O)OCCCCC/C=C\C=C/CCCCCCCCC(=O)NC(CO)C(O)CCCCCCCCCCCCCCCCCCCCCCCCC. The lowest BCUT2D eigenvalue weighted by Gasteiger charge is -2.22. The lowest BCUT2D eigenvalue weighted by Crippen LogP contribution is -2.45. The highest BCUT2D eigenvalue weighted by Gasteiger charge is 2.20. The van der Waals surface area contributed by atoms with Gasteiger partial charge >= 0.3 is 5.97 Å². The number of hydrogen-bond acceptors (Lipinski definition) is 5. The number of aliphatic hydroxyl groups is 2. The third-order valence-corrected chi connectivity index (χ3v) is 15.2. The van der Waals surface area contributed by atoms with E-state index >= 15 is 0 Å². The van der Waals surface area contributed by atoms with Crippen LogP contribution < -0.4 is 5.32 Å². The van der Waals surface area contributed by atoms with Gasteiger partial charge in [-0.15, -0.1) is 0 Å². The van der Waals surface area contributed by atoms with Crippen molar-refractivity contribution in [2.75, 3.05) is 13.2 Å². The van der Waals surface area contributed by atoms with Crippen LogP contribution in [0.5, 0.6) is 0 Å². The van der Waals surface area contributed by atoms with E-state index in [-0.39, 0.29) is 18.5 Å². The molecule has 0 fully saturated rings. The number of rotatable bonds is 61. The van der Waals surface area contributed by atoms with E-state index in [0.29, 0.717) is 25.9 Å². The standard InChI is InChI=1S/C67H127NO5/c1-3-5-7-9-11-13-15-17-19-21-23-24-25-26-27-28-31-35-39-43-47-51-55-59-65(70)64(63-69)68-66(71)60-56-52-48-44-40-36-32-30-34-38-42-46-50-54-58-62-73-67(72)61-57-53-49-45-41-37-33-29-22-20-18-16-14-12-10-8-6-4-2/h20,22,30,34,38,42,64-65,69-70H,3-19,21,23-29,31-33,35-37,39-41,43-63H2,1-2H3,(H,68,71)/b22-20-,34-30-,42-38-. The molecule has 0 aliphatic carbocycles. The van der Waals surface area contributed by atoms with Gasteiger partial charge in [0.25, 0.3) is 0 Å². The maximum atomic E-state index is 12.5. The molecule has 2 atom stereocenters. The van der Waals surface area contributed by atoms with Crippen molar-refractivity contribution in [1.82, 2.24) is 5.32 Å². The molecule has 3 N–H and O–H groups in total. The smallest absolute Gasteiger partial charge is 0.305 e. The van der Waals surface area contributed by atoms with Crippen LogP contribution in [0.4, 0.5) is 0 Å². The normalized spacial score (nSPS) is 12.8. The maximum absolute atomic E-state index is 12.5. The zero-order valence-corrected chi connectivity index (χ0v) is 49.1. The summed E-state index contributed by atoms with van der Waals surface area (Å²) in [5.41, 5.74) is 0. The van der Waals surface area contributed by atoms with Crippen molar-refractivity contribution in [3.05, 3.63) is 36.5 Å². The van der Waals surface area contributed by atoms with Gasteiger partial charge in [-0.25, -0.2) is 0 Å². The van der Waals surface area contributed by atoms with Gasteiger partial charge in [0.15, 0.2) is 0 Å². The molecular formula is C67H127NO5. The Balaban J connectivity index is 3.49. The molecule has 0 aromatic heterocycles. The minimum atomic E-state index is -0.681. The average Bonchev–Trinajstić information content (AvgIpc) is 3.39. The largest absolute Gasteiger partial charge is 0.466 e. The molecule has 0 spiro atoms. The van der Waals surface area contributed by atoms with E-state index in [1.165, 1.54) is 244 Å². The summed E-state index contributed by atoms with van der Waals surface area (Å²) in [6.07, 6.45) is 78.8. The van der Waals surface area contributed by atoms with Crippen LogP contribution in [0.1, 0.15) is 354 Å². The molecule has 0 aromatic carbocycles. The fourth-order valence-corrected chi connectivity index (χ4v) is 10.2. The van der Waals surface area contributed by atoms with Gasteiger partial charge < -0.3 is 20.3 Å². The van der Waals surface area contributed by atoms with Gasteiger partial charge in [-0.05, 0) is 83.5 Å². The molecule has 0 aromatic rings. The van der Waals surface area contributed by atoms with E-state index in [1.54, 1.807) is 0 Å². The van der Waals surface area contributed by atoms with Gasteiger partial charge in [0.2, 0.25) is 5.91 Å².